The molecule has 54 heavy (non-hydrogen) atoms. The molecule has 1 aromatic carbocycles. The fourth-order valence-electron chi connectivity index (χ4n) is 8.48. The molecule has 13 heteroatoms. The summed E-state index contributed by atoms with van der Waals surface area (Å²) >= 11 is 0. The molecule has 3 heterocycles. The van der Waals surface area contributed by atoms with Crippen molar-refractivity contribution < 1.29 is 41.8 Å². The van der Waals surface area contributed by atoms with E-state index in [4.69, 9.17) is 24.2 Å². The minimum atomic E-state index is -3.60. The molecule has 2 aromatic rings. The van der Waals surface area contributed by atoms with Crippen LogP contribution in [0.1, 0.15) is 97.1 Å². The van der Waals surface area contributed by atoms with Crippen LogP contribution in [0, 0.1) is 28.6 Å². The number of ketones is 2. The van der Waals surface area contributed by atoms with Gasteiger partial charge < -0.3 is 19.1 Å². The van der Waals surface area contributed by atoms with E-state index in [2.05, 4.69) is 6.58 Å². The first-order valence-corrected chi connectivity index (χ1v) is 21.2. The van der Waals surface area contributed by atoms with Gasteiger partial charge in [0.25, 0.3) is 0 Å². The smallest absolute Gasteiger partial charge is 0.306 e. The quantitative estimate of drug-likeness (QED) is 0.238. The zero-order chi connectivity index (χ0) is 38.6. The highest BCUT2D eigenvalue weighted by Crippen LogP contribution is 2.57. The molecule has 0 radical (unpaired) electrons. The summed E-state index contributed by atoms with van der Waals surface area (Å²) in [7, 11) is -2.02. The second-order valence-electron chi connectivity index (χ2n) is 17.3. The number of benzene rings is 1. The normalized spacial score (nSPS) is 30.6. The lowest BCUT2D eigenvalue weighted by molar-refractivity contribution is -0.154. The van der Waals surface area contributed by atoms with Gasteiger partial charge in [-0.1, -0.05) is 39.7 Å². The molecular formula is C41H53N3O9S. The van der Waals surface area contributed by atoms with E-state index < -0.39 is 61.5 Å². The van der Waals surface area contributed by atoms with Crippen molar-refractivity contribution >= 4 is 44.3 Å². The highest BCUT2D eigenvalue weighted by molar-refractivity contribution is 7.93. The number of aryl methyl sites for hydroxylation is 1. The molecule has 2 bridgehead atoms. The number of carbonyl (C=O) groups excluding carboxylic acids is 4. The van der Waals surface area contributed by atoms with Crippen molar-refractivity contribution in [2.75, 3.05) is 19.4 Å². The first kappa shape index (κ1) is 38.4. The van der Waals surface area contributed by atoms with Crippen LogP contribution in [0.15, 0.2) is 30.9 Å². The lowest BCUT2D eigenvalue weighted by Gasteiger charge is -2.34. The van der Waals surface area contributed by atoms with Crippen LogP contribution in [-0.2, 0) is 40.2 Å². The zero-order valence-corrected chi connectivity index (χ0v) is 32.7. The van der Waals surface area contributed by atoms with Gasteiger partial charge in [-0.2, -0.15) is 0 Å². The van der Waals surface area contributed by atoms with Crippen LogP contribution < -0.4 is 9.47 Å². The van der Waals surface area contributed by atoms with E-state index in [0.29, 0.717) is 60.0 Å². The third-order valence-corrected chi connectivity index (χ3v) is 14.4. The summed E-state index contributed by atoms with van der Waals surface area (Å²) < 4.78 is 43.7. The van der Waals surface area contributed by atoms with Gasteiger partial charge in [0.2, 0.25) is 11.8 Å². The molecule has 7 rings (SSSR count). The zero-order valence-electron chi connectivity index (χ0n) is 31.9. The number of methoxy groups -OCH3 is 1. The van der Waals surface area contributed by atoms with Crippen LogP contribution in [0.2, 0.25) is 0 Å². The number of hydrogen-bond acceptors (Lipinski definition) is 11. The largest absolute Gasteiger partial charge is 0.497 e. The Morgan fingerprint density at radius 2 is 1.83 bits per heavy atom. The van der Waals surface area contributed by atoms with Crippen LogP contribution in [0.25, 0.3) is 11.0 Å². The number of amides is 1. The Bertz CT molecular complexity index is 1950. The van der Waals surface area contributed by atoms with Crippen molar-refractivity contribution in [2.24, 2.45) is 28.6 Å². The Hall–Kier alpha value is -3.87. The van der Waals surface area contributed by atoms with Crippen molar-refractivity contribution in [3.8, 4) is 11.6 Å². The standard InChI is InChI=1S/C41H53N3O9S/c1-6-25-20-41(25,36(46)23-54(49,50)28-13-14-28)21-34(45)33-18-27-22-44(33)39(48)29(40(2,3)4)19-37(47)53-35-16-24(35)10-8-7-9-11-31-38(52-27)43-32-17-26(51-5)12-15-30(32)42-31/h6,12,15,17,24-25,27-29,33,35H,1,7-11,13-14,16,18-23H2,2-5H3/t24-,25+,27+,29+,33-,35?,41+/m0/s1. The SMILES string of the molecule is C=C[C@@H]1C[C@]1(CC(=O)[C@@H]1C[C@@H]2CN1C(=O)[C@H](C(C)(C)C)CC(=O)OC1C[C@@H]1CCCCCc1nc3ccc(OC)cc3nc1O2)C(=O)CS(=O)(=O)C1CC1. The number of nitrogens with zero attached hydrogens (tertiary/aromatic N) is 3. The van der Waals surface area contributed by atoms with Gasteiger partial charge in [0.1, 0.15) is 29.4 Å². The Morgan fingerprint density at radius 1 is 1.06 bits per heavy atom. The van der Waals surface area contributed by atoms with Gasteiger partial charge in [0.15, 0.2) is 21.4 Å². The molecule has 3 saturated carbocycles. The second-order valence-corrected chi connectivity index (χ2v) is 19.6. The number of rotatable bonds is 9. The maximum atomic E-state index is 14.7. The molecule has 1 amide bonds. The van der Waals surface area contributed by atoms with Gasteiger partial charge >= 0.3 is 5.97 Å². The molecule has 1 saturated heterocycles. The number of carbonyl (C=O) groups is 4. The topological polar surface area (TPSA) is 159 Å². The minimum absolute atomic E-state index is 0.0563. The van der Waals surface area contributed by atoms with Crippen LogP contribution >= 0.6 is 0 Å². The van der Waals surface area contributed by atoms with Gasteiger partial charge in [0, 0.05) is 24.3 Å². The number of aromatic nitrogens is 2. The lowest BCUT2D eigenvalue weighted by Crippen LogP contribution is -2.48. The predicted molar refractivity (Wildman–Crippen MR) is 201 cm³/mol. The third kappa shape index (κ3) is 8.07. The minimum Gasteiger partial charge on any atom is -0.497 e. The van der Waals surface area contributed by atoms with Crippen molar-refractivity contribution in [3.63, 3.8) is 0 Å². The van der Waals surface area contributed by atoms with Gasteiger partial charge in [-0.25, -0.2) is 18.4 Å². The average molecular weight is 764 g/mol. The fraction of sp³-hybridized carbons (Fsp3) is 0.659. The highest BCUT2D eigenvalue weighted by atomic mass is 32.2. The number of fused-ring (bicyclic) bond motifs is 5. The lowest BCUT2D eigenvalue weighted by atomic mass is 9.77. The molecule has 12 nitrogen and oxygen atoms in total. The molecule has 4 fully saturated rings. The van der Waals surface area contributed by atoms with Gasteiger partial charge in [-0.3, -0.25) is 19.2 Å². The van der Waals surface area contributed by atoms with Gasteiger partial charge in [-0.15, -0.1) is 6.58 Å². The Balaban J connectivity index is 1.22. The molecule has 1 aromatic heterocycles. The number of sulfone groups is 1. The number of allylic oxidation sites excluding steroid dienone is 1. The Labute approximate surface area is 317 Å². The second kappa shape index (κ2) is 14.7. The van der Waals surface area contributed by atoms with Gasteiger partial charge in [0.05, 0.1) is 48.3 Å². The predicted octanol–water partition coefficient (Wildman–Crippen LogP) is 5.39. The number of Topliss-reactive ketones (excluding diaryl/α,β-unsaturated/α-hetero) is 2. The van der Waals surface area contributed by atoms with Crippen LogP contribution in [0.4, 0.5) is 0 Å². The first-order chi connectivity index (χ1) is 25.6. The van der Waals surface area contributed by atoms with E-state index in [1.54, 1.807) is 19.3 Å². The van der Waals surface area contributed by atoms with E-state index in [-0.39, 0.29) is 49.5 Å². The average Bonchev–Trinajstić information content (AvgIpc) is 4.04. The molecule has 292 valence electrons. The molecule has 0 N–H and O–H groups in total. The molecule has 2 aliphatic heterocycles. The summed E-state index contributed by atoms with van der Waals surface area (Å²) in [5.41, 5.74) is 0.157. The molecule has 7 atom stereocenters. The summed E-state index contributed by atoms with van der Waals surface area (Å²) in [5, 5.41) is -0.495. The monoisotopic (exact) mass is 763 g/mol. The summed E-state index contributed by atoms with van der Waals surface area (Å²) in [6.45, 7) is 9.61. The summed E-state index contributed by atoms with van der Waals surface area (Å²) in [4.78, 5) is 67.6. The van der Waals surface area contributed by atoms with Crippen LogP contribution in [0.5, 0.6) is 11.6 Å². The maximum Gasteiger partial charge on any atom is 0.306 e. The highest BCUT2D eigenvalue weighted by Gasteiger charge is 2.61. The van der Waals surface area contributed by atoms with Crippen LogP contribution in [-0.4, -0.2) is 89.6 Å². The van der Waals surface area contributed by atoms with E-state index in [1.807, 2.05) is 32.9 Å². The Morgan fingerprint density at radius 3 is 2.52 bits per heavy atom. The van der Waals surface area contributed by atoms with Crippen molar-refractivity contribution in [1.82, 2.24) is 14.9 Å². The summed E-state index contributed by atoms with van der Waals surface area (Å²) in [5.74, 6) is -2.04. The molecule has 3 aliphatic carbocycles. The maximum absolute atomic E-state index is 14.7. The molecule has 0 spiro atoms. The van der Waals surface area contributed by atoms with Crippen molar-refractivity contribution in [1.29, 1.82) is 0 Å². The number of hydrogen-bond donors (Lipinski definition) is 0. The van der Waals surface area contributed by atoms with E-state index in [9.17, 15) is 27.6 Å². The first-order valence-electron chi connectivity index (χ1n) is 19.5. The van der Waals surface area contributed by atoms with Crippen LogP contribution in [0.3, 0.4) is 0 Å². The Kier molecular flexibility index (Phi) is 10.4. The van der Waals surface area contributed by atoms with E-state index in [0.717, 1.165) is 32.1 Å². The molecular weight excluding hydrogens is 711 g/mol. The molecule has 1 unspecified atom stereocenters. The van der Waals surface area contributed by atoms with Crippen molar-refractivity contribution in [2.45, 2.75) is 121 Å². The molecule has 5 aliphatic rings. The number of ether oxygens (including phenoxy) is 3. The van der Waals surface area contributed by atoms with Gasteiger partial charge in [-0.05, 0) is 74.3 Å². The van der Waals surface area contributed by atoms with Crippen molar-refractivity contribution in [3.05, 3.63) is 36.5 Å². The summed E-state index contributed by atoms with van der Waals surface area (Å²) in [6, 6.07) is 4.52. The third-order valence-electron chi connectivity index (χ3n) is 12.3. The van der Waals surface area contributed by atoms with E-state index >= 15 is 0 Å². The van der Waals surface area contributed by atoms with E-state index in [1.165, 1.54) is 4.90 Å². The fourth-order valence-corrected chi connectivity index (χ4v) is 10.2. The summed E-state index contributed by atoms with van der Waals surface area (Å²) in [6.07, 6.45) is 7.25. The number of esters is 1.